The van der Waals surface area contributed by atoms with Gasteiger partial charge in [-0.15, -0.1) is 0 Å². The van der Waals surface area contributed by atoms with Crippen LogP contribution < -0.4 is 5.32 Å². The number of carbonyl (C=O) groups is 2. The fourth-order valence-electron chi connectivity index (χ4n) is 2.90. The van der Waals surface area contributed by atoms with Crippen LogP contribution in [0.1, 0.15) is 29.8 Å². The molecule has 0 saturated heterocycles. The number of rotatable bonds is 5. The van der Waals surface area contributed by atoms with Gasteiger partial charge in [-0.2, -0.15) is 0 Å². The summed E-state index contributed by atoms with van der Waals surface area (Å²) in [4.78, 5) is 28.1. The highest BCUT2D eigenvalue weighted by Crippen LogP contribution is 2.33. The second-order valence-corrected chi connectivity index (χ2v) is 6.64. The number of pyridine rings is 1. The molecule has 3 rings (SSSR count). The SMILES string of the molecule is CCOC(=O)c1cn(-c2cc(NC(C)=O)ncc2C)cc1-c1ccccc1Cl. The molecule has 0 atom stereocenters. The highest BCUT2D eigenvalue weighted by molar-refractivity contribution is 6.33. The fraction of sp³-hybridized carbons (Fsp3) is 0.190. The number of anilines is 1. The predicted octanol–water partition coefficient (Wildman–Crippen LogP) is 4.64. The number of aromatic nitrogens is 2. The van der Waals surface area contributed by atoms with Crippen LogP contribution in [0.2, 0.25) is 5.02 Å². The Bertz CT molecular complexity index is 1040. The maximum Gasteiger partial charge on any atom is 0.340 e. The van der Waals surface area contributed by atoms with Gasteiger partial charge < -0.3 is 14.6 Å². The van der Waals surface area contributed by atoms with Gasteiger partial charge in [0.15, 0.2) is 0 Å². The quantitative estimate of drug-likeness (QED) is 0.636. The van der Waals surface area contributed by atoms with Gasteiger partial charge in [0.2, 0.25) is 5.91 Å². The Morgan fingerprint density at radius 2 is 1.96 bits per heavy atom. The van der Waals surface area contributed by atoms with Crippen LogP contribution in [-0.4, -0.2) is 28.0 Å². The second kappa shape index (κ2) is 8.27. The third-order valence-electron chi connectivity index (χ3n) is 4.14. The van der Waals surface area contributed by atoms with Crippen molar-refractivity contribution in [1.82, 2.24) is 9.55 Å². The Hall–Kier alpha value is -3.12. The highest BCUT2D eigenvalue weighted by Gasteiger charge is 2.20. The van der Waals surface area contributed by atoms with E-state index in [0.717, 1.165) is 16.8 Å². The monoisotopic (exact) mass is 397 g/mol. The normalized spacial score (nSPS) is 10.6. The molecule has 1 amide bonds. The minimum absolute atomic E-state index is 0.209. The van der Waals surface area contributed by atoms with Crippen molar-refractivity contribution in [1.29, 1.82) is 0 Å². The van der Waals surface area contributed by atoms with Gasteiger partial charge in [-0.25, -0.2) is 9.78 Å². The van der Waals surface area contributed by atoms with Crippen LogP contribution >= 0.6 is 11.6 Å². The number of aryl methyl sites for hydroxylation is 1. The molecular formula is C21H20ClN3O3. The molecular weight excluding hydrogens is 378 g/mol. The molecule has 3 aromatic rings. The highest BCUT2D eigenvalue weighted by atomic mass is 35.5. The van der Waals surface area contributed by atoms with Crippen molar-refractivity contribution >= 4 is 29.3 Å². The van der Waals surface area contributed by atoms with E-state index in [1.807, 2.05) is 35.9 Å². The summed E-state index contributed by atoms with van der Waals surface area (Å²) in [5, 5.41) is 3.21. The zero-order valence-corrected chi connectivity index (χ0v) is 16.6. The molecule has 0 aliphatic rings. The van der Waals surface area contributed by atoms with Crippen molar-refractivity contribution in [3.05, 3.63) is 65.1 Å². The molecule has 7 heteroatoms. The van der Waals surface area contributed by atoms with Crippen LogP contribution in [0.3, 0.4) is 0 Å². The maximum atomic E-state index is 12.5. The lowest BCUT2D eigenvalue weighted by Gasteiger charge is -2.09. The van der Waals surface area contributed by atoms with Crippen LogP contribution in [0.5, 0.6) is 0 Å². The molecule has 2 aromatic heterocycles. The lowest BCUT2D eigenvalue weighted by Crippen LogP contribution is -2.08. The third-order valence-corrected chi connectivity index (χ3v) is 4.47. The molecule has 0 spiro atoms. The summed E-state index contributed by atoms with van der Waals surface area (Å²) in [6.07, 6.45) is 5.20. The molecule has 6 nitrogen and oxygen atoms in total. The molecule has 144 valence electrons. The third kappa shape index (κ3) is 4.07. The number of hydrogen-bond acceptors (Lipinski definition) is 4. The molecule has 0 fully saturated rings. The molecule has 28 heavy (non-hydrogen) atoms. The minimum atomic E-state index is -0.426. The number of esters is 1. The van der Waals surface area contributed by atoms with Crippen LogP contribution in [0, 0.1) is 6.92 Å². The van der Waals surface area contributed by atoms with Crippen LogP contribution in [0.4, 0.5) is 5.82 Å². The lowest BCUT2D eigenvalue weighted by molar-refractivity contribution is -0.114. The van der Waals surface area contributed by atoms with Crippen molar-refractivity contribution < 1.29 is 14.3 Å². The Morgan fingerprint density at radius 3 is 2.64 bits per heavy atom. The van der Waals surface area contributed by atoms with Crippen molar-refractivity contribution in [3.8, 4) is 16.8 Å². The maximum absolute atomic E-state index is 12.5. The van der Waals surface area contributed by atoms with Gasteiger partial charge in [0.1, 0.15) is 5.82 Å². The van der Waals surface area contributed by atoms with E-state index in [1.54, 1.807) is 31.5 Å². The Kier molecular flexibility index (Phi) is 5.80. The van der Waals surface area contributed by atoms with Crippen molar-refractivity contribution in [2.45, 2.75) is 20.8 Å². The second-order valence-electron chi connectivity index (χ2n) is 6.23. The van der Waals surface area contributed by atoms with E-state index < -0.39 is 5.97 Å². The molecule has 1 aromatic carbocycles. The van der Waals surface area contributed by atoms with E-state index in [4.69, 9.17) is 16.3 Å². The summed E-state index contributed by atoms with van der Waals surface area (Å²) in [5.41, 5.74) is 3.47. The molecule has 0 aliphatic heterocycles. The topological polar surface area (TPSA) is 73.2 Å². The van der Waals surface area contributed by atoms with Gasteiger partial charge in [0, 0.05) is 47.7 Å². The number of ether oxygens (including phenoxy) is 1. The first-order valence-corrected chi connectivity index (χ1v) is 9.17. The van der Waals surface area contributed by atoms with Crippen LogP contribution in [-0.2, 0) is 9.53 Å². The fourth-order valence-corrected chi connectivity index (χ4v) is 3.14. The van der Waals surface area contributed by atoms with Crippen molar-refractivity contribution in [2.24, 2.45) is 0 Å². The van der Waals surface area contributed by atoms with E-state index in [9.17, 15) is 9.59 Å². The number of benzene rings is 1. The van der Waals surface area contributed by atoms with Gasteiger partial charge in [0.25, 0.3) is 0 Å². The van der Waals surface area contributed by atoms with Gasteiger partial charge in [0.05, 0.1) is 17.9 Å². The molecule has 0 saturated carbocycles. The molecule has 0 aliphatic carbocycles. The Labute approximate surface area is 168 Å². The van der Waals surface area contributed by atoms with Gasteiger partial charge in [-0.1, -0.05) is 29.8 Å². The molecule has 0 unspecified atom stereocenters. The molecule has 0 bridgehead atoms. The zero-order chi connectivity index (χ0) is 20.3. The van der Waals surface area contributed by atoms with E-state index in [-0.39, 0.29) is 12.5 Å². The van der Waals surface area contributed by atoms with Crippen molar-refractivity contribution in [2.75, 3.05) is 11.9 Å². The van der Waals surface area contributed by atoms with Gasteiger partial charge in [-0.3, -0.25) is 4.79 Å². The number of carbonyl (C=O) groups excluding carboxylic acids is 2. The summed E-state index contributed by atoms with van der Waals surface area (Å²) < 4.78 is 7.03. The van der Waals surface area contributed by atoms with Gasteiger partial charge >= 0.3 is 5.97 Å². The van der Waals surface area contributed by atoms with E-state index in [0.29, 0.717) is 22.0 Å². The van der Waals surface area contributed by atoms with Gasteiger partial charge in [-0.05, 0) is 25.5 Å². The number of nitrogens with one attached hydrogen (secondary N) is 1. The first-order chi connectivity index (χ1) is 13.4. The number of nitrogens with zero attached hydrogens (tertiary/aromatic N) is 2. The average Bonchev–Trinajstić information content (AvgIpc) is 3.08. The van der Waals surface area contributed by atoms with E-state index in [2.05, 4.69) is 10.3 Å². The standard InChI is InChI=1S/C21H20ClN3O3/c1-4-28-21(27)17-12-25(11-16(17)15-7-5-6-8-18(15)22)19-9-20(24-14(3)26)23-10-13(19)2/h5-12H,4H2,1-3H3,(H,23,24,26). The smallest absolute Gasteiger partial charge is 0.340 e. The van der Waals surface area contributed by atoms with Crippen LogP contribution in [0.25, 0.3) is 16.8 Å². The summed E-state index contributed by atoms with van der Waals surface area (Å²) in [7, 11) is 0. The van der Waals surface area contributed by atoms with Crippen molar-refractivity contribution in [3.63, 3.8) is 0 Å². The minimum Gasteiger partial charge on any atom is -0.462 e. The lowest BCUT2D eigenvalue weighted by atomic mass is 10.0. The number of hydrogen-bond donors (Lipinski definition) is 1. The van der Waals surface area contributed by atoms with E-state index >= 15 is 0 Å². The summed E-state index contributed by atoms with van der Waals surface area (Å²) in [5.74, 6) is -0.206. The first-order valence-electron chi connectivity index (χ1n) is 8.79. The molecule has 2 heterocycles. The average molecular weight is 398 g/mol. The van der Waals surface area contributed by atoms with Crippen LogP contribution in [0.15, 0.2) is 48.9 Å². The largest absolute Gasteiger partial charge is 0.462 e. The molecule has 0 radical (unpaired) electrons. The summed E-state index contributed by atoms with van der Waals surface area (Å²) in [6, 6.07) is 9.07. The number of amides is 1. The summed E-state index contributed by atoms with van der Waals surface area (Å²) >= 11 is 6.36. The number of halogens is 1. The Balaban J connectivity index is 2.16. The zero-order valence-electron chi connectivity index (χ0n) is 15.8. The predicted molar refractivity (Wildman–Crippen MR) is 109 cm³/mol. The molecule has 1 N–H and O–H groups in total. The Morgan fingerprint density at radius 1 is 1.21 bits per heavy atom. The van der Waals surface area contributed by atoms with E-state index in [1.165, 1.54) is 6.92 Å². The first kappa shape index (κ1) is 19.6. The summed E-state index contributed by atoms with van der Waals surface area (Å²) in [6.45, 7) is 5.36.